The maximum absolute atomic E-state index is 11.8. The van der Waals surface area contributed by atoms with E-state index in [2.05, 4.69) is 30.0 Å². The summed E-state index contributed by atoms with van der Waals surface area (Å²) < 4.78 is 6.18. The third-order valence-corrected chi connectivity index (χ3v) is 9.26. The van der Waals surface area contributed by atoms with E-state index in [1.54, 1.807) is 0 Å². The van der Waals surface area contributed by atoms with Crippen molar-refractivity contribution in [1.29, 1.82) is 0 Å². The van der Waals surface area contributed by atoms with E-state index in [-0.39, 0.29) is 5.41 Å². The zero-order valence-electron chi connectivity index (χ0n) is 20.9. The van der Waals surface area contributed by atoms with Crippen molar-refractivity contribution in [2.75, 3.05) is 26.2 Å². The number of hydrogen-bond acceptors (Lipinski definition) is 4. The van der Waals surface area contributed by atoms with Gasteiger partial charge in [0.15, 0.2) is 0 Å². The van der Waals surface area contributed by atoms with Crippen molar-refractivity contribution in [2.24, 2.45) is 5.92 Å². The second kappa shape index (κ2) is 9.29. The predicted octanol–water partition coefficient (Wildman–Crippen LogP) is 5.19. The summed E-state index contributed by atoms with van der Waals surface area (Å²) in [6.07, 6.45) is 8.12. The van der Waals surface area contributed by atoms with Gasteiger partial charge in [-0.15, -0.1) is 0 Å². The molecule has 2 aromatic carbocycles. The van der Waals surface area contributed by atoms with E-state index < -0.39 is 11.2 Å². The van der Waals surface area contributed by atoms with E-state index in [0.717, 1.165) is 43.7 Å². The van der Waals surface area contributed by atoms with Crippen molar-refractivity contribution in [3.05, 3.63) is 65.2 Å². The summed E-state index contributed by atoms with van der Waals surface area (Å²) in [5.74, 6) is 1.30. The summed E-state index contributed by atoms with van der Waals surface area (Å²) in [6, 6.07) is 16.4. The number of likely N-dealkylation sites (tertiary alicyclic amines) is 1. The highest BCUT2D eigenvalue weighted by molar-refractivity contribution is 5.45. The molecule has 4 atom stereocenters. The summed E-state index contributed by atoms with van der Waals surface area (Å²) in [5, 5.41) is 23.6. The van der Waals surface area contributed by atoms with Crippen LogP contribution < -0.4 is 4.74 Å². The van der Waals surface area contributed by atoms with Crippen molar-refractivity contribution < 1.29 is 14.9 Å². The topological polar surface area (TPSA) is 52.9 Å². The molecule has 0 spiro atoms. The molecule has 184 valence electrons. The van der Waals surface area contributed by atoms with Crippen molar-refractivity contribution in [3.63, 3.8) is 0 Å². The summed E-state index contributed by atoms with van der Waals surface area (Å²) >= 11 is 0. The molecule has 0 aromatic heterocycles. The van der Waals surface area contributed by atoms with Gasteiger partial charge in [0.2, 0.25) is 0 Å². The quantitative estimate of drug-likeness (QED) is 0.619. The minimum absolute atomic E-state index is 0.121. The average molecular weight is 464 g/mol. The smallest absolute Gasteiger partial charge is 0.119 e. The normalized spacial score (nSPS) is 33.7. The molecule has 2 aliphatic carbocycles. The lowest BCUT2D eigenvalue weighted by Crippen LogP contribution is -2.62. The Labute approximate surface area is 205 Å². The highest BCUT2D eigenvalue weighted by Gasteiger charge is 2.60. The monoisotopic (exact) mass is 463 g/mol. The largest absolute Gasteiger partial charge is 0.492 e. The van der Waals surface area contributed by atoms with Gasteiger partial charge in [0, 0.05) is 12.0 Å². The fraction of sp³-hybridized carbons (Fsp3) is 0.600. The number of fused-ring (bicyclic) bond motifs is 3. The third kappa shape index (κ3) is 4.08. The van der Waals surface area contributed by atoms with E-state index in [0.29, 0.717) is 18.8 Å². The van der Waals surface area contributed by atoms with Gasteiger partial charge in [0.25, 0.3) is 0 Å². The summed E-state index contributed by atoms with van der Waals surface area (Å²) in [7, 11) is 0. The van der Waals surface area contributed by atoms with E-state index in [1.165, 1.54) is 43.5 Å². The minimum Gasteiger partial charge on any atom is -0.492 e. The first-order valence-electron chi connectivity index (χ1n) is 13.4. The zero-order chi connectivity index (χ0) is 23.8. The molecule has 0 unspecified atom stereocenters. The Bertz CT molecular complexity index is 984. The van der Waals surface area contributed by atoms with E-state index in [4.69, 9.17) is 4.74 Å². The summed E-state index contributed by atoms with van der Waals surface area (Å²) in [4.78, 5) is 2.51. The summed E-state index contributed by atoms with van der Waals surface area (Å²) in [6.45, 7) is 8.21. The second-order valence-electron chi connectivity index (χ2n) is 11.2. The molecular weight excluding hydrogens is 422 g/mol. The molecule has 1 saturated carbocycles. The summed E-state index contributed by atoms with van der Waals surface area (Å²) in [5.41, 5.74) is 0.975. The Morgan fingerprint density at radius 1 is 1.03 bits per heavy atom. The van der Waals surface area contributed by atoms with Gasteiger partial charge in [-0.2, -0.15) is 0 Å². The van der Waals surface area contributed by atoms with Crippen LogP contribution in [0.3, 0.4) is 0 Å². The third-order valence-electron chi connectivity index (χ3n) is 9.26. The first-order valence-corrected chi connectivity index (χ1v) is 13.4. The van der Waals surface area contributed by atoms with Crippen molar-refractivity contribution in [1.82, 2.24) is 4.90 Å². The lowest BCUT2D eigenvalue weighted by atomic mass is 9.49. The number of rotatable bonds is 6. The molecule has 2 N–H and O–H groups in total. The van der Waals surface area contributed by atoms with Crippen LogP contribution in [0.4, 0.5) is 0 Å². The Kier molecular flexibility index (Phi) is 6.52. The van der Waals surface area contributed by atoms with Crippen molar-refractivity contribution in [3.8, 4) is 5.75 Å². The van der Waals surface area contributed by atoms with Gasteiger partial charge in [-0.25, -0.2) is 0 Å². The SMILES string of the molecule is CC[C@@]12C[C@@](C)(O)[C@](O)(c3ccccc3)C[C@H]1CCc1cc(OCCN3CCCCC3)ccc12. The first-order chi connectivity index (χ1) is 16.4. The Morgan fingerprint density at radius 3 is 2.53 bits per heavy atom. The molecule has 0 radical (unpaired) electrons. The Hall–Kier alpha value is -1.88. The fourth-order valence-electron chi connectivity index (χ4n) is 7.27. The number of aryl methyl sites for hydroxylation is 1. The standard InChI is InChI=1S/C30H41NO3/c1-3-29-22-28(2,32)30(33,24-10-6-4-7-11-24)21-25(29)13-12-23-20-26(14-15-27(23)29)34-19-18-31-16-8-5-9-17-31/h4,6-7,10-11,14-15,20,25,32-33H,3,5,8-9,12-13,16-19,21-22H2,1-2H3/t25-,28-,29-,30-/m1/s1. The molecule has 1 saturated heterocycles. The van der Waals surface area contributed by atoms with Gasteiger partial charge in [0.1, 0.15) is 18.0 Å². The molecule has 1 heterocycles. The van der Waals surface area contributed by atoms with Crippen molar-refractivity contribution in [2.45, 2.75) is 81.8 Å². The van der Waals surface area contributed by atoms with Gasteiger partial charge in [0.05, 0.1) is 5.60 Å². The number of benzene rings is 2. The maximum atomic E-state index is 11.8. The van der Waals surface area contributed by atoms with E-state index in [9.17, 15) is 10.2 Å². The van der Waals surface area contributed by atoms with Crippen LogP contribution in [0.2, 0.25) is 0 Å². The first kappa shape index (κ1) is 23.8. The van der Waals surface area contributed by atoms with Gasteiger partial charge in [-0.1, -0.05) is 49.7 Å². The second-order valence-corrected chi connectivity index (χ2v) is 11.2. The molecule has 34 heavy (non-hydrogen) atoms. The van der Waals surface area contributed by atoms with E-state index >= 15 is 0 Å². The highest BCUT2D eigenvalue weighted by Crippen LogP contribution is 2.60. The Morgan fingerprint density at radius 2 is 1.79 bits per heavy atom. The number of hydrogen-bond donors (Lipinski definition) is 2. The zero-order valence-corrected chi connectivity index (χ0v) is 20.9. The number of ether oxygens (including phenoxy) is 1. The number of nitrogens with zero attached hydrogens (tertiary/aromatic N) is 1. The lowest BCUT2D eigenvalue weighted by molar-refractivity contribution is -0.205. The maximum Gasteiger partial charge on any atom is 0.119 e. The van der Waals surface area contributed by atoms with Crippen LogP contribution in [0, 0.1) is 5.92 Å². The molecule has 1 aliphatic heterocycles. The van der Waals surface area contributed by atoms with Crippen molar-refractivity contribution >= 4 is 0 Å². The fourth-order valence-corrected chi connectivity index (χ4v) is 7.27. The predicted molar refractivity (Wildman–Crippen MR) is 136 cm³/mol. The van der Waals surface area contributed by atoms with Crippen LogP contribution in [-0.4, -0.2) is 47.0 Å². The Balaban J connectivity index is 1.37. The average Bonchev–Trinajstić information content (AvgIpc) is 2.86. The highest BCUT2D eigenvalue weighted by atomic mass is 16.5. The lowest BCUT2D eigenvalue weighted by Gasteiger charge is -2.59. The van der Waals surface area contributed by atoms with Gasteiger partial charge < -0.3 is 14.9 Å². The number of aliphatic hydroxyl groups is 2. The molecule has 2 aromatic rings. The van der Waals surface area contributed by atoms with Crippen LogP contribution >= 0.6 is 0 Å². The van der Waals surface area contributed by atoms with Crippen LogP contribution in [0.25, 0.3) is 0 Å². The van der Waals surface area contributed by atoms with E-state index in [1.807, 2.05) is 37.3 Å². The van der Waals surface area contributed by atoms with Crippen LogP contribution in [0.5, 0.6) is 5.75 Å². The molecular formula is C30H41NO3. The van der Waals surface area contributed by atoms with Gasteiger partial charge in [-0.05, 0) is 99.7 Å². The molecule has 5 rings (SSSR count). The molecule has 4 heteroatoms. The van der Waals surface area contributed by atoms with Crippen LogP contribution in [0.15, 0.2) is 48.5 Å². The molecule has 2 fully saturated rings. The van der Waals surface area contributed by atoms with Crippen LogP contribution in [-0.2, 0) is 17.4 Å². The molecule has 0 bridgehead atoms. The number of piperidine rings is 1. The minimum atomic E-state index is -1.23. The molecule has 3 aliphatic rings. The molecule has 0 amide bonds. The van der Waals surface area contributed by atoms with Gasteiger partial charge >= 0.3 is 0 Å². The van der Waals surface area contributed by atoms with Gasteiger partial charge in [-0.3, -0.25) is 4.90 Å². The van der Waals surface area contributed by atoms with Crippen LogP contribution in [0.1, 0.15) is 75.5 Å². The molecule has 4 nitrogen and oxygen atoms in total.